The van der Waals surface area contributed by atoms with Gasteiger partial charge in [-0.3, -0.25) is 0 Å². The van der Waals surface area contributed by atoms with Crippen LogP contribution in [0.1, 0.15) is 22.9 Å². The highest BCUT2D eigenvalue weighted by Gasteiger charge is 2.20. The van der Waals surface area contributed by atoms with Crippen LogP contribution in [0, 0.1) is 6.92 Å². The van der Waals surface area contributed by atoms with Gasteiger partial charge in [0.2, 0.25) is 0 Å². The van der Waals surface area contributed by atoms with Gasteiger partial charge in [-0.25, -0.2) is 4.68 Å². The molecule has 5 nitrogen and oxygen atoms in total. The van der Waals surface area contributed by atoms with Gasteiger partial charge < -0.3 is 5.32 Å². The fraction of sp³-hybridized carbons (Fsp3) is 0.417. The zero-order chi connectivity index (χ0) is 12.3. The van der Waals surface area contributed by atoms with Gasteiger partial charge in [-0.05, 0) is 35.5 Å². The fourth-order valence-corrected chi connectivity index (χ4v) is 2.05. The van der Waals surface area contributed by atoms with Crippen molar-refractivity contribution in [2.45, 2.75) is 12.8 Å². The van der Waals surface area contributed by atoms with Crippen LogP contribution < -0.4 is 5.32 Å². The summed E-state index contributed by atoms with van der Waals surface area (Å²) in [5.41, 5.74) is 2.52. The number of nitrogens with zero attached hydrogens (tertiary/aromatic N) is 4. The molecular formula is C12H17N5. The second-order valence-corrected chi connectivity index (χ2v) is 4.13. The van der Waals surface area contributed by atoms with Gasteiger partial charge in [0.1, 0.15) is 0 Å². The molecule has 0 radical (unpaired) electrons. The number of hydrogen-bond donors (Lipinski definition) is 1. The van der Waals surface area contributed by atoms with Crippen LogP contribution in [0.15, 0.2) is 24.3 Å². The molecule has 0 spiro atoms. The van der Waals surface area contributed by atoms with Crippen molar-refractivity contribution in [3.8, 4) is 0 Å². The van der Waals surface area contributed by atoms with E-state index in [9.17, 15) is 0 Å². The minimum Gasteiger partial charge on any atom is -0.319 e. The zero-order valence-corrected chi connectivity index (χ0v) is 10.4. The minimum absolute atomic E-state index is 0.182. The molecule has 1 N–H and O–H groups in total. The van der Waals surface area contributed by atoms with Crippen molar-refractivity contribution >= 4 is 0 Å². The SMILES string of the molecule is CNCC(c1ccccc1C)c1nnnn1C. The van der Waals surface area contributed by atoms with E-state index in [1.807, 2.05) is 20.2 Å². The van der Waals surface area contributed by atoms with Gasteiger partial charge in [-0.2, -0.15) is 0 Å². The van der Waals surface area contributed by atoms with E-state index >= 15 is 0 Å². The average Bonchev–Trinajstić information content (AvgIpc) is 2.74. The van der Waals surface area contributed by atoms with Crippen LogP contribution in [-0.2, 0) is 7.05 Å². The van der Waals surface area contributed by atoms with E-state index in [1.54, 1.807) is 4.68 Å². The lowest BCUT2D eigenvalue weighted by Crippen LogP contribution is -2.22. The third-order valence-electron chi connectivity index (χ3n) is 2.94. The molecule has 0 aliphatic heterocycles. The molecule has 1 unspecified atom stereocenters. The number of aromatic nitrogens is 4. The molecule has 90 valence electrons. The van der Waals surface area contributed by atoms with E-state index in [-0.39, 0.29) is 5.92 Å². The van der Waals surface area contributed by atoms with E-state index < -0.39 is 0 Å². The van der Waals surface area contributed by atoms with Crippen LogP contribution >= 0.6 is 0 Å². The maximum Gasteiger partial charge on any atom is 0.159 e. The van der Waals surface area contributed by atoms with Gasteiger partial charge in [0.25, 0.3) is 0 Å². The molecule has 2 aromatic rings. The fourth-order valence-electron chi connectivity index (χ4n) is 2.05. The lowest BCUT2D eigenvalue weighted by molar-refractivity contribution is 0.610. The maximum absolute atomic E-state index is 4.11. The van der Waals surface area contributed by atoms with E-state index in [0.29, 0.717) is 0 Å². The Morgan fingerprint density at radius 2 is 2.12 bits per heavy atom. The molecular weight excluding hydrogens is 214 g/mol. The van der Waals surface area contributed by atoms with Crippen molar-refractivity contribution in [1.82, 2.24) is 25.5 Å². The second-order valence-electron chi connectivity index (χ2n) is 4.13. The van der Waals surface area contributed by atoms with Crippen molar-refractivity contribution in [2.24, 2.45) is 7.05 Å². The van der Waals surface area contributed by atoms with E-state index in [4.69, 9.17) is 0 Å². The Morgan fingerprint density at radius 1 is 1.35 bits per heavy atom. The highest BCUT2D eigenvalue weighted by molar-refractivity contribution is 5.33. The smallest absolute Gasteiger partial charge is 0.159 e. The maximum atomic E-state index is 4.11. The molecule has 0 aliphatic rings. The summed E-state index contributed by atoms with van der Waals surface area (Å²) in [6.07, 6.45) is 0. The highest BCUT2D eigenvalue weighted by Crippen LogP contribution is 2.24. The molecule has 0 saturated carbocycles. The van der Waals surface area contributed by atoms with Gasteiger partial charge >= 0.3 is 0 Å². The normalized spacial score (nSPS) is 12.6. The van der Waals surface area contributed by atoms with Crippen molar-refractivity contribution in [1.29, 1.82) is 0 Å². The third-order valence-corrected chi connectivity index (χ3v) is 2.94. The average molecular weight is 231 g/mol. The quantitative estimate of drug-likeness (QED) is 0.848. The number of aryl methyl sites for hydroxylation is 2. The predicted molar refractivity (Wildman–Crippen MR) is 65.7 cm³/mol. The standard InChI is InChI=1S/C12H17N5/c1-9-6-4-5-7-10(9)11(8-13-2)12-14-15-16-17(12)3/h4-7,11,13H,8H2,1-3H3. The van der Waals surface area contributed by atoms with Crippen LogP contribution in [-0.4, -0.2) is 33.8 Å². The summed E-state index contributed by atoms with van der Waals surface area (Å²) in [6.45, 7) is 2.93. The molecule has 0 aliphatic carbocycles. The lowest BCUT2D eigenvalue weighted by Gasteiger charge is -2.17. The molecule has 17 heavy (non-hydrogen) atoms. The molecule has 5 heteroatoms. The minimum atomic E-state index is 0.182. The molecule has 0 fully saturated rings. The number of hydrogen-bond acceptors (Lipinski definition) is 4. The summed E-state index contributed by atoms with van der Waals surface area (Å²) >= 11 is 0. The molecule has 0 bridgehead atoms. The first-order chi connectivity index (χ1) is 8.24. The Bertz CT molecular complexity index is 491. The molecule has 1 aromatic heterocycles. The molecule has 2 rings (SSSR count). The summed E-state index contributed by atoms with van der Waals surface area (Å²) < 4.78 is 1.73. The third kappa shape index (κ3) is 2.34. The van der Waals surface area contributed by atoms with Crippen molar-refractivity contribution < 1.29 is 0 Å². The Kier molecular flexibility index (Phi) is 3.49. The largest absolute Gasteiger partial charge is 0.319 e. The van der Waals surface area contributed by atoms with Crippen LogP contribution in [0.25, 0.3) is 0 Å². The van der Waals surface area contributed by atoms with Gasteiger partial charge in [-0.15, -0.1) is 5.10 Å². The Labute approximate surface area is 101 Å². The van der Waals surface area contributed by atoms with Gasteiger partial charge in [0.05, 0.1) is 5.92 Å². The summed E-state index contributed by atoms with van der Waals surface area (Å²) in [5.74, 6) is 1.06. The number of likely N-dealkylation sites (N-methyl/N-ethyl adjacent to an activating group) is 1. The van der Waals surface area contributed by atoms with Crippen LogP contribution in [0.3, 0.4) is 0 Å². The molecule has 1 atom stereocenters. The Balaban J connectivity index is 2.43. The molecule has 1 aromatic carbocycles. The monoisotopic (exact) mass is 231 g/mol. The first kappa shape index (κ1) is 11.7. The number of nitrogens with one attached hydrogen (secondary N) is 1. The Hall–Kier alpha value is -1.75. The summed E-state index contributed by atoms with van der Waals surface area (Å²) in [6, 6.07) is 8.34. The highest BCUT2D eigenvalue weighted by atomic mass is 15.5. The van der Waals surface area contributed by atoms with Gasteiger partial charge in [0.15, 0.2) is 5.82 Å². The molecule has 1 heterocycles. The van der Waals surface area contributed by atoms with Crippen molar-refractivity contribution in [3.63, 3.8) is 0 Å². The predicted octanol–water partition coefficient (Wildman–Crippen LogP) is 0.870. The number of tetrazole rings is 1. The Morgan fingerprint density at radius 3 is 2.71 bits per heavy atom. The zero-order valence-electron chi connectivity index (χ0n) is 10.4. The van der Waals surface area contributed by atoms with Gasteiger partial charge in [-0.1, -0.05) is 24.3 Å². The topological polar surface area (TPSA) is 55.6 Å². The van der Waals surface area contributed by atoms with E-state index in [2.05, 4.69) is 46.0 Å². The first-order valence-corrected chi connectivity index (χ1v) is 5.66. The lowest BCUT2D eigenvalue weighted by atomic mass is 9.94. The summed E-state index contributed by atoms with van der Waals surface area (Å²) in [5, 5.41) is 14.9. The second kappa shape index (κ2) is 5.05. The first-order valence-electron chi connectivity index (χ1n) is 5.66. The number of rotatable bonds is 4. The van der Waals surface area contributed by atoms with Crippen molar-refractivity contribution in [3.05, 3.63) is 41.2 Å². The molecule has 0 amide bonds. The van der Waals surface area contributed by atoms with E-state index in [0.717, 1.165) is 12.4 Å². The van der Waals surface area contributed by atoms with Crippen LogP contribution in [0.4, 0.5) is 0 Å². The van der Waals surface area contributed by atoms with E-state index in [1.165, 1.54) is 11.1 Å². The van der Waals surface area contributed by atoms with Crippen molar-refractivity contribution in [2.75, 3.05) is 13.6 Å². The number of benzene rings is 1. The summed E-state index contributed by atoms with van der Waals surface area (Å²) in [7, 11) is 3.81. The van der Waals surface area contributed by atoms with Gasteiger partial charge in [0, 0.05) is 13.6 Å². The molecule has 0 saturated heterocycles. The van der Waals surface area contributed by atoms with Crippen LogP contribution in [0.5, 0.6) is 0 Å². The van der Waals surface area contributed by atoms with Crippen LogP contribution in [0.2, 0.25) is 0 Å². The summed E-state index contributed by atoms with van der Waals surface area (Å²) in [4.78, 5) is 0.